The van der Waals surface area contributed by atoms with Crippen LogP contribution in [0.2, 0.25) is 0 Å². The van der Waals surface area contributed by atoms with Gasteiger partial charge in [-0.25, -0.2) is 13.6 Å². The third kappa shape index (κ3) is 4.53. The summed E-state index contributed by atoms with van der Waals surface area (Å²) in [7, 11) is -4.15. The van der Waals surface area contributed by atoms with Crippen molar-refractivity contribution in [2.75, 3.05) is 13.1 Å². The molecule has 0 aromatic carbocycles. The van der Waals surface area contributed by atoms with E-state index in [9.17, 15) is 26.4 Å². The number of hydrogen-bond acceptors (Lipinski definition) is 4. The number of alkyl halides is 3. The fourth-order valence-electron chi connectivity index (χ4n) is 1.48. The minimum Gasteiger partial charge on any atom is -0.438 e. The summed E-state index contributed by atoms with van der Waals surface area (Å²) in [5.74, 6) is -1.55. The molecule has 0 aliphatic carbocycles. The molecule has 1 aromatic heterocycles. The largest absolute Gasteiger partial charge is 0.438 e. The Labute approximate surface area is 113 Å². The molecule has 0 fully saturated rings. The lowest BCUT2D eigenvalue weighted by Crippen LogP contribution is -2.39. The molecular weight excluding hydrogens is 301 g/mol. The van der Waals surface area contributed by atoms with Gasteiger partial charge in [-0.15, -0.1) is 0 Å². The fourth-order valence-corrected chi connectivity index (χ4v) is 1.95. The molecule has 0 unspecified atom stereocenters. The van der Waals surface area contributed by atoms with E-state index in [2.05, 4.69) is 4.42 Å². The van der Waals surface area contributed by atoms with Crippen LogP contribution in [0.1, 0.15) is 23.9 Å². The van der Waals surface area contributed by atoms with E-state index in [4.69, 9.17) is 5.14 Å². The number of amides is 1. The highest BCUT2D eigenvalue weighted by molar-refractivity contribution is 7.89. The first-order chi connectivity index (χ1) is 9.04. The van der Waals surface area contributed by atoms with E-state index in [0.717, 1.165) is 12.1 Å². The molecule has 0 saturated carbocycles. The SMILES string of the molecule is CCCN(CC(F)(F)F)C(=O)c1ccc(S(N)(=O)=O)o1. The van der Waals surface area contributed by atoms with Gasteiger partial charge in [-0.1, -0.05) is 6.92 Å². The molecule has 1 rings (SSSR count). The number of carbonyl (C=O) groups is 1. The topological polar surface area (TPSA) is 93.6 Å². The number of hydrogen-bond donors (Lipinski definition) is 1. The maximum Gasteiger partial charge on any atom is 0.406 e. The lowest BCUT2D eigenvalue weighted by molar-refractivity contribution is -0.140. The predicted octanol–water partition coefficient (Wildman–Crippen LogP) is 1.34. The maximum atomic E-state index is 12.4. The minimum atomic E-state index is -4.56. The van der Waals surface area contributed by atoms with Crippen molar-refractivity contribution in [3.05, 3.63) is 17.9 Å². The van der Waals surface area contributed by atoms with E-state index in [-0.39, 0.29) is 6.54 Å². The van der Waals surface area contributed by atoms with Crippen molar-refractivity contribution in [2.24, 2.45) is 5.14 Å². The third-order valence-corrected chi connectivity index (χ3v) is 3.00. The number of nitrogens with two attached hydrogens (primary N) is 1. The van der Waals surface area contributed by atoms with Crippen LogP contribution in [0.25, 0.3) is 0 Å². The number of carbonyl (C=O) groups excluding carboxylic acids is 1. The van der Waals surface area contributed by atoms with Crippen LogP contribution in [0.3, 0.4) is 0 Å². The van der Waals surface area contributed by atoms with Crippen molar-refractivity contribution in [1.29, 1.82) is 0 Å². The van der Waals surface area contributed by atoms with Crippen molar-refractivity contribution in [1.82, 2.24) is 4.90 Å². The second-order valence-corrected chi connectivity index (χ2v) is 5.50. The van der Waals surface area contributed by atoms with Gasteiger partial charge in [0.05, 0.1) is 0 Å². The first kappa shape index (κ1) is 16.5. The van der Waals surface area contributed by atoms with Crippen molar-refractivity contribution >= 4 is 15.9 Å². The summed E-state index contributed by atoms with van der Waals surface area (Å²) >= 11 is 0. The number of rotatable bonds is 5. The average molecular weight is 314 g/mol. The van der Waals surface area contributed by atoms with Gasteiger partial charge in [-0.2, -0.15) is 13.2 Å². The Morgan fingerprint density at radius 1 is 1.40 bits per heavy atom. The molecule has 0 aliphatic heterocycles. The average Bonchev–Trinajstić information content (AvgIpc) is 2.74. The molecule has 1 aromatic rings. The molecule has 1 amide bonds. The number of sulfonamides is 1. The Balaban J connectivity index is 2.98. The number of primary sulfonamides is 1. The molecule has 2 N–H and O–H groups in total. The van der Waals surface area contributed by atoms with E-state index < -0.39 is 39.5 Å². The zero-order valence-corrected chi connectivity index (χ0v) is 11.3. The minimum absolute atomic E-state index is 0.135. The summed E-state index contributed by atoms with van der Waals surface area (Å²) in [6, 6.07) is 1.89. The first-order valence-electron chi connectivity index (χ1n) is 5.53. The molecular formula is C10H13F3N2O4S. The summed E-state index contributed by atoms with van der Waals surface area (Å²) < 4.78 is 63.7. The van der Waals surface area contributed by atoms with Crippen LogP contribution in [0.5, 0.6) is 0 Å². The molecule has 0 saturated heterocycles. The van der Waals surface area contributed by atoms with E-state index >= 15 is 0 Å². The molecule has 0 aliphatic rings. The Bertz CT molecular complexity index is 580. The van der Waals surface area contributed by atoms with Crippen molar-refractivity contribution in [3.63, 3.8) is 0 Å². The Morgan fingerprint density at radius 2 is 2.00 bits per heavy atom. The molecule has 0 spiro atoms. The molecule has 0 radical (unpaired) electrons. The summed E-state index contributed by atoms with van der Waals surface area (Å²) in [4.78, 5) is 12.4. The van der Waals surface area contributed by atoms with Crippen LogP contribution in [0.15, 0.2) is 21.6 Å². The molecule has 6 nitrogen and oxygen atoms in total. The second kappa shape index (κ2) is 5.83. The van der Waals surface area contributed by atoms with E-state index in [1.54, 1.807) is 6.92 Å². The monoisotopic (exact) mass is 314 g/mol. The maximum absolute atomic E-state index is 12.4. The predicted molar refractivity (Wildman–Crippen MR) is 62.3 cm³/mol. The van der Waals surface area contributed by atoms with Crippen LogP contribution >= 0.6 is 0 Å². The Morgan fingerprint density at radius 3 is 2.40 bits per heavy atom. The zero-order valence-electron chi connectivity index (χ0n) is 10.5. The fraction of sp³-hybridized carbons (Fsp3) is 0.500. The van der Waals surface area contributed by atoms with E-state index in [0.29, 0.717) is 11.3 Å². The summed E-state index contributed by atoms with van der Waals surface area (Å²) in [6.07, 6.45) is -4.25. The molecule has 20 heavy (non-hydrogen) atoms. The normalized spacial score (nSPS) is 12.4. The van der Waals surface area contributed by atoms with Gasteiger partial charge in [0.1, 0.15) is 6.54 Å². The van der Waals surface area contributed by atoms with Crippen molar-refractivity contribution in [3.8, 4) is 0 Å². The molecule has 114 valence electrons. The summed E-state index contributed by atoms with van der Waals surface area (Å²) in [5, 5.41) is 4.10. The number of furan rings is 1. The van der Waals surface area contributed by atoms with Gasteiger partial charge in [-0.05, 0) is 18.6 Å². The van der Waals surface area contributed by atoms with Gasteiger partial charge < -0.3 is 9.32 Å². The zero-order chi connectivity index (χ0) is 15.6. The first-order valence-corrected chi connectivity index (χ1v) is 7.08. The van der Waals surface area contributed by atoms with E-state index in [1.165, 1.54) is 0 Å². The van der Waals surface area contributed by atoms with Crippen molar-refractivity contribution in [2.45, 2.75) is 24.6 Å². The lowest BCUT2D eigenvalue weighted by Gasteiger charge is -2.22. The Kier molecular flexibility index (Phi) is 4.81. The third-order valence-electron chi connectivity index (χ3n) is 2.22. The van der Waals surface area contributed by atoms with Gasteiger partial charge in [0.15, 0.2) is 5.76 Å². The summed E-state index contributed by atoms with van der Waals surface area (Å²) in [6.45, 7) is 0.0311. The van der Waals surface area contributed by atoms with Crippen molar-refractivity contribution < 1.29 is 30.8 Å². The van der Waals surface area contributed by atoms with Gasteiger partial charge in [0.2, 0.25) is 5.09 Å². The second-order valence-electron chi connectivity index (χ2n) is 4.01. The quantitative estimate of drug-likeness (QED) is 0.887. The highest BCUT2D eigenvalue weighted by Crippen LogP contribution is 2.20. The summed E-state index contributed by atoms with van der Waals surface area (Å²) in [5.41, 5.74) is 0. The van der Waals surface area contributed by atoms with Crippen LogP contribution in [0.4, 0.5) is 13.2 Å². The van der Waals surface area contributed by atoms with Crippen LogP contribution in [-0.4, -0.2) is 38.5 Å². The van der Waals surface area contributed by atoms with Gasteiger partial charge in [0, 0.05) is 6.54 Å². The lowest BCUT2D eigenvalue weighted by atomic mass is 10.3. The van der Waals surface area contributed by atoms with Gasteiger partial charge in [0.25, 0.3) is 15.9 Å². The van der Waals surface area contributed by atoms with Crippen LogP contribution in [0, 0.1) is 0 Å². The highest BCUT2D eigenvalue weighted by Gasteiger charge is 2.34. The standard InChI is InChI=1S/C10H13F3N2O4S/c1-2-5-15(6-10(11,12)13)9(16)7-3-4-8(19-7)20(14,17)18/h3-4H,2,5-6H2,1H3,(H2,14,17,18). The molecule has 10 heteroatoms. The Hall–Kier alpha value is -1.55. The molecule has 0 atom stereocenters. The highest BCUT2D eigenvalue weighted by atomic mass is 32.2. The number of nitrogens with zero attached hydrogens (tertiary/aromatic N) is 1. The van der Waals surface area contributed by atoms with Gasteiger partial charge in [-0.3, -0.25) is 4.79 Å². The smallest absolute Gasteiger partial charge is 0.406 e. The van der Waals surface area contributed by atoms with E-state index in [1.807, 2.05) is 0 Å². The van der Waals surface area contributed by atoms with Gasteiger partial charge >= 0.3 is 6.18 Å². The molecule has 0 bridgehead atoms. The van der Waals surface area contributed by atoms with Crippen LogP contribution < -0.4 is 5.14 Å². The van der Waals surface area contributed by atoms with Crippen LogP contribution in [-0.2, 0) is 10.0 Å². The number of halogens is 3. The molecule has 1 heterocycles.